The van der Waals surface area contributed by atoms with Gasteiger partial charge in [-0.1, -0.05) is 6.92 Å². The van der Waals surface area contributed by atoms with Crippen molar-refractivity contribution in [2.45, 2.75) is 40.2 Å². The van der Waals surface area contributed by atoms with Crippen LogP contribution in [0.15, 0.2) is 6.07 Å². The van der Waals surface area contributed by atoms with E-state index in [-0.39, 0.29) is 0 Å². The molecule has 0 atom stereocenters. The number of rotatable bonds is 4. The summed E-state index contributed by atoms with van der Waals surface area (Å²) in [5.41, 5.74) is 6.56. The largest absolute Gasteiger partial charge is 0.368 e. The van der Waals surface area contributed by atoms with E-state index in [0.717, 1.165) is 24.5 Å². The maximum atomic E-state index is 5.64. The van der Waals surface area contributed by atoms with E-state index in [4.69, 9.17) is 5.73 Å². The van der Waals surface area contributed by atoms with Crippen molar-refractivity contribution in [2.24, 2.45) is 0 Å². The third-order valence-corrected chi connectivity index (χ3v) is 2.24. The van der Waals surface area contributed by atoms with Crippen LogP contribution in [0.25, 0.3) is 0 Å². The number of nitrogens with two attached hydrogens (primary N) is 1. The minimum Gasteiger partial charge on any atom is -0.368 e. The zero-order valence-electron chi connectivity index (χ0n) is 9.99. The van der Waals surface area contributed by atoms with Crippen LogP contribution in [0, 0.1) is 6.92 Å². The Kier molecular flexibility index (Phi) is 3.88. The predicted molar refractivity (Wildman–Crippen MR) is 64.0 cm³/mol. The monoisotopic (exact) mass is 208 g/mol. The molecule has 1 heterocycles. The molecule has 4 heteroatoms. The van der Waals surface area contributed by atoms with E-state index in [1.54, 1.807) is 0 Å². The lowest BCUT2D eigenvalue weighted by molar-refractivity contribution is 0.661. The fourth-order valence-electron chi connectivity index (χ4n) is 1.60. The van der Waals surface area contributed by atoms with Gasteiger partial charge < -0.3 is 10.6 Å². The highest BCUT2D eigenvalue weighted by molar-refractivity contribution is 5.43. The van der Waals surface area contributed by atoms with Gasteiger partial charge in [0.05, 0.1) is 0 Å². The minimum atomic E-state index is 0.353. The van der Waals surface area contributed by atoms with Crippen LogP contribution in [0.3, 0.4) is 0 Å². The summed E-state index contributed by atoms with van der Waals surface area (Å²) < 4.78 is 0. The first-order valence-electron chi connectivity index (χ1n) is 5.42. The fourth-order valence-corrected chi connectivity index (χ4v) is 1.60. The van der Waals surface area contributed by atoms with Crippen LogP contribution in [-0.2, 0) is 0 Å². The molecule has 84 valence electrons. The zero-order valence-corrected chi connectivity index (χ0v) is 9.99. The molecule has 0 fully saturated rings. The van der Waals surface area contributed by atoms with Gasteiger partial charge in [-0.05, 0) is 27.2 Å². The van der Waals surface area contributed by atoms with Crippen LogP contribution >= 0.6 is 0 Å². The molecule has 1 rings (SSSR count). The number of anilines is 2. The number of hydrogen-bond acceptors (Lipinski definition) is 4. The van der Waals surface area contributed by atoms with Crippen LogP contribution < -0.4 is 10.6 Å². The highest BCUT2D eigenvalue weighted by atomic mass is 15.2. The molecular weight excluding hydrogens is 188 g/mol. The molecule has 2 N–H and O–H groups in total. The molecule has 0 aromatic carbocycles. The Morgan fingerprint density at radius 3 is 2.53 bits per heavy atom. The molecule has 0 saturated heterocycles. The lowest BCUT2D eigenvalue weighted by Crippen LogP contribution is -2.32. The third-order valence-electron chi connectivity index (χ3n) is 2.24. The number of nitrogens with zero attached hydrogens (tertiary/aromatic N) is 3. The van der Waals surface area contributed by atoms with E-state index in [1.165, 1.54) is 0 Å². The molecule has 0 amide bonds. The fraction of sp³-hybridized carbons (Fsp3) is 0.636. The Bertz CT molecular complexity index is 302. The van der Waals surface area contributed by atoms with Gasteiger partial charge in [0.25, 0.3) is 0 Å². The molecule has 0 saturated carbocycles. The Labute approximate surface area is 91.5 Å². The summed E-state index contributed by atoms with van der Waals surface area (Å²) in [5, 5.41) is 0. The van der Waals surface area contributed by atoms with Gasteiger partial charge >= 0.3 is 0 Å². The summed E-state index contributed by atoms with van der Waals surface area (Å²) in [7, 11) is 0. The molecule has 15 heavy (non-hydrogen) atoms. The highest BCUT2D eigenvalue weighted by Gasteiger charge is 2.11. The van der Waals surface area contributed by atoms with Crippen LogP contribution in [-0.4, -0.2) is 22.6 Å². The second-order valence-corrected chi connectivity index (χ2v) is 4.01. The Morgan fingerprint density at radius 2 is 2.07 bits per heavy atom. The van der Waals surface area contributed by atoms with Crippen molar-refractivity contribution in [2.75, 3.05) is 17.2 Å². The van der Waals surface area contributed by atoms with E-state index in [1.807, 2.05) is 13.0 Å². The number of aryl methyl sites for hydroxylation is 1. The molecule has 0 unspecified atom stereocenters. The first-order chi connectivity index (χ1) is 7.04. The number of nitrogen functional groups attached to an aromatic ring is 1. The van der Waals surface area contributed by atoms with Crippen molar-refractivity contribution in [3.05, 3.63) is 11.8 Å². The van der Waals surface area contributed by atoms with E-state index in [9.17, 15) is 0 Å². The van der Waals surface area contributed by atoms with E-state index >= 15 is 0 Å². The molecule has 0 spiro atoms. The average molecular weight is 208 g/mol. The zero-order chi connectivity index (χ0) is 11.4. The van der Waals surface area contributed by atoms with Crippen LogP contribution in [0.2, 0.25) is 0 Å². The summed E-state index contributed by atoms with van der Waals surface area (Å²) in [5.74, 6) is 1.28. The predicted octanol–water partition coefficient (Wildman–Crippen LogP) is 1.99. The van der Waals surface area contributed by atoms with E-state index in [0.29, 0.717) is 12.0 Å². The maximum absolute atomic E-state index is 5.64. The molecule has 4 nitrogen and oxygen atoms in total. The minimum absolute atomic E-state index is 0.353. The normalized spacial score (nSPS) is 10.7. The van der Waals surface area contributed by atoms with Crippen LogP contribution in [0.4, 0.5) is 11.8 Å². The lowest BCUT2D eigenvalue weighted by atomic mass is 10.2. The second kappa shape index (κ2) is 4.96. The van der Waals surface area contributed by atoms with Gasteiger partial charge in [-0.2, -0.15) is 4.98 Å². The smallest absolute Gasteiger partial charge is 0.222 e. The van der Waals surface area contributed by atoms with Crippen molar-refractivity contribution in [1.29, 1.82) is 0 Å². The Morgan fingerprint density at radius 1 is 1.40 bits per heavy atom. The quantitative estimate of drug-likeness (QED) is 0.822. The van der Waals surface area contributed by atoms with Gasteiger partial charge in [-0.15, -0.1) is 0 Å². The van der Waals surface area contributed by atoms with Crippen LogP contribution in [0.5, 0.6) is 0 Å². The maximum Gasteiger partial charge on any atom is 0.222 e. The van der Waals surface area contributed by atoms with Crippen molar-refractivity contribution in [3.8, 4) is 0 Å². The van der Waals surface area contributed by atoms with Crippen molar-refractivity contribution < 1.29 is 0 Å². The first kappa shape index (κ1) is 11.8. The highest BCUT2D eigenvalue weighted by Crippen LogP contribution is 2.16. The lowest BCUT2D eigenvalue weighted by Gasteiger charge is -2.27. The molecule has 0 radical (unpaired) electrons. The molecule has 0 aliphatic carbocycles. The van der Waals surface area contributed by atoms with Gasteiger partial charge in [-0.3, -0.25) is 0 Å². The van der Waals surface area contributed by atoms with Crippen molar-refractivity contribution >= 4 is 11.8 Å². The summed E-state index contributed by atoms with van der Waals surface area (Å²) >= 11 is 0. The van der Waals surface area contributed by atoms with Gasteiger partial charge in [0.15, 0.2) is 0 Å². The Balaban J connectivity index is 2.99. The summed E-state index contributed by atoms with van der Waals surface area (Å²) in [4.78, 5) is 10.6. The molecule has 1 aromatic rings. The van der Waals surface area contributed by atoms with Crippen molar-refractivity contribution in [1.82, 2.24) is 9.97 Å². The molecule has 0 aliphatic rings. The van der Waals surface area contributed by atoms with Crippen LogP contribution in [0.1, 0.15) is 32.9 Å². The average Bonchev–Trinajstić information content (AvgIpc) is 2.11. The molecule has 0 aliphatic heterocycles. The SMILES string of the molecule is CCCN(c1cc(C)nc(N)n1)C(C)C. The third kappa shape index (κ3) is 3.08. The summed E-state index contributed by atoms with van der Waals surface area (Å²) in [6.07, 6.45) is 1.10. The molecule has 0 bridgehead atoms. The van der Waals surface area contributed by atoms with Gasteiger partial charge in [0, 0.05) is 24.3 Å². The second-order valence-electron chi connectivity index (χ2n) is 4.01. The van der Waals surface area contributed by atoms with Gasteiger partial charge in [0.1, 0.15) is 5.82 Å². The summed E-state index contributed by atoms with van der Waals surface area (Å²) in [6.45, 7) is 9.40. The van der Waals surface area contributed by atoms with Crippen molar-refractivity contribution in [3.63, 3.8) is 0 Å². The van der Waals surface area contributed by atoms with E-state index < -0.39 is 0 Å². The molecule has 1 aromatic heterocycles. The molecular formula is C11H20N4. The van der Waals surface area contributed by atoms with E-state index in [2.05, 4.69) is 35.6 Å². The number of hydrogen-bond donors (Lipinski definition) is 1. The topological polar surface area (TPSA) is 55.0 Å². The standard InChI is InChI=1S/C11H20N4/c1-5-6-15(8(2)3)10-7-9(4)13-11(12)14-10/h7-8H,5-6H2,1-4H3,(H2,12,13,14). The first-order valence-corrected chi connectivity index (χ1v) is 5.42. The Hall–Kier alpha value is -1.32. The number of aromatic nitrogens is 2. The van der Waals surface area contributed by atoms with Gasteiger partial charge in [0.2, 0.25) is 5.95 Å². The van der Waals surface area contributed by atoms with Gasteiger partial charge in [-0.25, -0.2) is 4.98 Å². The summed E-state index contributed by atoms with van der Waals surface area (Å²) in [6, 6.07) is 2.41.